The van der Waals surface area contributed by atoms with Gasteiger partial charge in [0.1, 0.15) is 0 Å². The largest absolute Gasteiger partial charge is 0.324 e. The fourth-order valence-corrected chi connectivity index (χ4v) is 2.28. The van der Waals surface area contributed by atoms with Crippen LogP contribution in [0.2, 0.25) is 0 Å². The molecule has 0 spiro atoms. The molecule has 2 aromatic heterocycles. The number of amides is 1. The van der Waals surface area contributed by atoms with Crippen LogP contribution in [0.3, 0.4) is 0 Å². The Morgan fingerprint density at radius 3 is 3.17 bits per heavy atom. The van der Waals surface area contributed by atoms with Gasteiger partial charge in [0.15, 0.2) is 5.65 Å². The van der Waals surface area contributed by atoms with Crippen molar-refractivity contribution in [2.24, 2.45) is 0 Å². The molecule has 0 saturated heterocycles. The summed E-state index contributed by atoms with van der Waals surface area (Å²) in [7, 11) is 0. The predicted octanol–water partition coefficient (Wildman–Crippen LogP) is 2.35. The number of anilines is 1. The van der Waals surface area contributed by atoms with Gasteiger partial charge in [0, 0.05) is 11.1 Å². The zero-order valence-corrected chi connectivity index (χ0v) is 11.3. The van der Waals surface area contributed by atoms with Crippen molar-refractivity contribution in [3.8, 4) is 0 Å². The molecule has 2 aromatic rings. The third-order valence-corrected chi connectivity index (χ3v) is 3.63. The zero-order chi connectivity index (χ0) is 13.0. The molecule has 96 valence electrons. The number of nitrogens with zero attached hydrogens (tertiary/aromatic N) is 2. The molecule has 0 radical (unpaired) electrons. The van der Waals surface area contributed by atoms with Crippen molar-refractivity contribution in [2.75, 3.05) is 16.8 Å². The minimum Gasteiger partial charge on any atom is -0.324 e. The average molecular weight is 264 g/mol. The van der Waals surface area contributed by atoms with Gasteiger partial charge in [0.2, 0.25) is 5.91 Å². The number of pyridine rings is 1. The first-order valence-corrected chi connectivity index (χ1v) is 7.04. The Balaban J connectivity index is 2.02. The van der Waals surface area contributed by atoms with Crippen molar-refractivity contribution in [3.05, 3.63) is 18.0 Å². The van der Waals surface area contributed by atoms with Gasteiger partial charge in [0.25, 0.3) is 0 Å². The maximum absolute atomic E-state index is 11.7. The number of fused-ring (bicyclic) bond motifs is 1. The molecule has 0 aliphatic carbocycles. The molecule has 0 bridgehead atoms. The summed E-state index contributed by atoms with van der Waals surface area (Å²) in [5.74, 6) is 1.50. The summed E-state index contributed by atoms with van der Waals surface area (Å²) < 4.78 is 0. The van der Waals surface area contributed by atoms with E-state index in [-0.39, 0.29) is 5.91 Å². The molecule has 0 atom stereocenters. The molecule has 0 fully saturated rings. The first kappa shape index (κ1) is 12.9. The SMILES string of the molecule is CCCSCC(=O)Nc1cnc2n[nH]c(C)c2c1. The van der Waals surface area contributed by atoms with Crippen molar-refractivity contribution >= 4 is 34.4 Å². The van der Waals surface area contributed by atoms with E-state index in [1.54, 1.807) is 18.0 Å². The van der Waals surface area contributed by atoms with Gasteiger partial charge < -0.3 is 5.32 Å². The predicted molar refractivity (Wildman–Crippen MR) is 74.9 cm³/mol. The summed E-state index contributed by atoms with van der Waals surface area (Å²) in [5, 5.41) is 10.7. The Morgan fingerprint density at radius 2 is 2.39 bits per heavy atom. The number of nitrogens with one attached hydrogen (secondary N) is 2. The number of carbonyl (C=O) groups excluding carboxylic acids is 1. The molecule has 5 nitrogen and oxygen atoms in total. The van der Waals surface area contributed by atoms with E-state index in [0.29, 0.717) is 17.1 Å². The number of carbonyl (C=O) groups is 1. The van der Waals surface area contributed by atoms with E-state index in [9.17, 15) is 4.79 Å². The van der Waals surface area contributed by atoms with Gasteiger partial charge >= 0.3 is 0 Å². The number of aromatic amines is 1. The topological polar surface area (TPSA) is 70.7 Å². The second-order valence-corrected chi connectivity index (χ2v) is 5.15. The molecule has 0 unspecified atom stereocenters. The Hall–Kier alpha value is -1.56. The molecule has 6 heteroatoms. The minimum absolute atomic E-state index is 0.00995. The van der Waals surface area contributed by atoms with E-state index in [1.165, 1.54) is 0 Å². The fourth-order valence-electron chi connectivity index (χ4n) is 1.59. The molecule has 0 aliphatic heterocycles. The molecule has 0 aromatic carbocycles. The van der Waals surface area contributed by atoms with Crippen LogP contribution in [-0.2, 0) is 4.79 Å². The Kier molecular flexibility index (Phi) is 4.19. The number of aromatic nitrogens is 3. The maximum atomic E-state index is 11.7. The molecule has 2 rings (SSSR count). The van der Waals surface area contributed by atoms with E-state index in [4.69, 9.17) is 0 Å². The fraction of sp³-hybridized carbons (Fsp3) is 0.417. The highest BCUT2D eigenvalue weighted by atomic mass is 32.2. The van der Waals surface area contributed by atoms with Crippen LogP contribution in [0.4, 0.5) is 5.69 Å². The van der Waals surface area contributed by atoms with Crippen molar-refractivity contribution in [3.63, 3.8) is 0 Å². The van der Waals surface area contributed by atoms with Crippen molar-refractivity contribution in [1.29, 1.82) is 0 Å². The number of hydrogen-bond acceptors (Lipinski definition) is 4. The molecule has 2 N–H and O–H groups in total. The Morgan fingerprint density at radius 1 is 1.56 bits per heavy atom. The molecular weight excluding hydrogens is 248 g/mol. The highest BCUT2D eigenvalue weighted by molar-refractivity contribution is 7.99. The number of thioether (sulfide) groups is 1. The smallest absolute Gasteiger partial charge is 0.234 e. The van der Waals surface area contributed by atoms with E-state index >= 15 is 0 Å². The van der Waals surface area contributed by atoms with Crippen LogP contribution in [0.5, 0.6) is 0 Å². The average Bonchev–Trinajstić information content (AvgIpc) is 2.71. The van der Waals surface area contributed by atoms with Crippen LogP contribution >= 0.6 is 11.8 Å². The molecule has 18 heavy (non-hydrogen) atoms. The van der Waals surface area contributed by atoms with Gasteiger partial charge in [-0.2, -0.15) is 16.9 Å². The Labute approximate surface area is 110 Å². The lowest BCUT2D eigenvalue weighted by Crippen LogP contribution is -2.14. The zero-order valence-electron chi connectivity index (χ0n) is 10.5. The quantitative estimate of drug-likeness (QED) is 0.813. The summed E-state index contributed by atoms with van der Waals surface area (Å²) in [6, 6.07) is 1.89. The lowest BCUT2D eigenvalue weighted by atomic mass is 10.2. The number of aryl methyl sites for hydroxylation is 1. The van der Waals surface area contributed by atoms with Gasteiger partial charge in [-0.25, -0.2) is 4.98 Å². The van der Waals surface area contributed by atoms with Crippen LogP contribution in [0.1, 0.15) is 19.0 Å². The maximum Gasteiger partial charge on any atom is 0.234 e. The third-order valence-electron chi connectivity index (χ3n) is 2.47. The molecular formula is C12H16N4OS. The highest BCUT2D eigenvalue weighted by Gasteiger charge is 2.06. The second kappa shape index (κ2) is 5.86. The summed E-state index contributed by atoms with van der Waals surface area (Å²) in [6.07, 6.45) is 2.71. The van der Waals surface area contributed by atoms with Crippen LogP contribution in [0, 0.1) is 6.92 Å². The number of rotatable bonds is 5. The van der Waals surface area contributed by atoms with Gasteiger partial charge in [-0.05, 0) is 25.2 Å². The highest BCUT2D eigenvalue weighted by Crippen LogP contribution is 2.17. The normalized spacial score (nSPS) is 10.8. The minimum atomic E-state index is 0.00995. The van der Waals surface area contributed by atoms with Crippen molar-refractivity contribution in [2.45, 2.75) is 20.3 Å². The van der Waals surface area contributed by atoms with Gasteiger partial charge in [-0.15, -0.1) is 0 Å². The lowest BCUT2D eigenvalue weighted by Gasteiger charge is -2.04. The number of H-pyrrole nitrogens is 1. The van der Waals surface area contributed by atoms with E-state index in [2.05, 4.69) is 27.4 Å². The number of hydrogen-bond donors (Lipinski definition) is 2. The van der Waals surface area contributed by atoms with Crippen LogP contribution in [-0.4, -0.2) is 32.6 Å². The molecule has 0 saturated carbocycles. The molecule has 0 aliphatic rings. The summed E-state index contributed by atoms with van der Waals surface area (Å²) in [6.45, 7) is 4.03. The Bertz CT molecular complexity index is 552. The molecule has 2 heterocycles. The third kappa shape index (κ3) is 3.01. The molecule has 1 amide bonds. The summed E-state index contributed by atoms with van der Waals surface area (Å²) in [4.78, 5) is 15.9. The lowest BCUT2D eigenvalue weighted by molar-refractivity contribution is -0.113. The summed E-state index contributed by atoms with van der Waals surface area (Å²) >= 11 is 1.64. The van der Waals surface area contributed by atoms with Crippen LogP contribution in [0.15, 0.2) is 12.3 Å². The summed E-state index contributed by atoms with van der Waals surface area (Å²) in [5.41, 5.74) is 2.34. The van der Waals surface area contributed by atoms with E-state index in [1.807, 2.05) is 13.0 Å². The van der Waals surface area contributed by atoms with Crippen LogP contribution in [0.25, 0.3) is 11.0 Å². The van der Waals surface area contributed by atoms with Gasteiger partial charge in [0.05, 0.1) is 17.6 Å². The van der Waals surface area contributed by atoms with Gasteiger partial charge in [-0.1, -0.05) is 6.92 Å². The van der Waals surface area contributed by atoms with Crippen molar-refractivity contribution in [1.82, 2.24) is 15.2 Å². The standard InChI is InChI=1S/C12H16N4OS/c1-3-4-18-7-11(17)14-9-5-10-8(2)15-16-12(10)13-6-9/h5-6H,3-4,7H2,1-2H3,(H,14,17)(H,13,15,16). The van der Waals surface area contributed by atoms with E-state index in [0.717, 1.165) is 23.3 Å². The second-order valence-electron chi connectivity index (χ2n) is 4.04. The van der Waals surface area contributed by atoms with Crippen LogP contribution < -0.4 is 5.32 Å². The van der Waals surface area contributed by atoms with Gasteiger partial charge in [-0.3, -0.25) is 9.89 Å². The first-order chi connectivity index (χ1) is 8.70. The van der Waals surface area contributed by atoms with E-state index < -0.39 is 0 Å². The first-order valence-electron chi connectivity index (χ1n) is 5.89. The van der Waals surface area contributed by atoms with Crippen molar-refractivity contribution < 1.29 is 4.79 Å². The monoisotopic (exact) mass is 264 g/mol.